The fourth-order valence-electron chi connectivity index (χ4n) is 2.58. The van der Waals surface area contributed by atoms with Gasteiger partial charge in [0.15, 0.2) is 0 Å². The fourth-order valence-corrected chi connectivity index (χ4v) is 3.05. The van der Waals surface area contributed by atoms with E-state index >= 15 is 0 Å². The topological polar surface area (TPSA) is 40.5 Å². The van der Waals surface area contributed by atoms with Crippen LogP contribution in [0.25, 0.3) is 0 Å². The van der Waals surface area contributed by atoms with Crippen molar-refractivity contribution in [2.24, 2.45) is 0 Å². The van der Waals surface area contributed by atoms with E-state index < -0.39 is 11.9 Å². The maximum atomic E-state index is 13.5. The quantitative estimate of drug-likeness (QED) is 0.866. The Kier molecular flexibility index (Phi) is 4.89. The number of hydrogen-bond acceptors (Lipinski definition) is 2. The van der Waals surface area contributed by atoms with E-state index in [2.05, 4.69) is 0 Å². The van der Waals surface area contributed by atoms with Crippen LogP contribution in [0.5, 0.6) is 0 Å². The number of likely N-dealkylation sites (tertiary alicyclic amines) is 1. The Morgan fingerprint density at radius 1 is 1.50 bits per heavy atom. The molecule has 0 bridgehead atoms. The lowest BCUT2D eigenvalue weighted by molar-refractivity contribution is 0.0682. The van der Waals surface area contributed by atoms with Gasteiger partial charge in [-0.2, -0.15) is 0 Å². The monoisotopic (exact) mass is 319 g/mol. The van der Waals surface area contributed by atoms with Gasteiger partial charge in [-0.05, 0) is 38.3 Å². The average molecular weight is 320 g/mol. The molecule has 3 nitrogen and oxygen atoms in total. The van der Waals surface area contributed by atoms with E-state index in [-0.39, 0.29) is 27.6 Å². The summed E-state index contributed by atoms with van der Waals surface area (Å²) in [7, 11) is 0. The maximum Gasteiger partial charge on any atom is 0.255 e. The van der Waals surface area contributed by atoms with Crippen molar-refractivity contribution in [3.05, 3.63) is 33.6 Å². The van der Waals surface area contributed by atoms with Crippen molar-refractivity contribution in [2.75, 3.05) is 6.54 Å². The molecule has 1 N–H and O–H groups in total. The van der Waals surface area contributed by atoms with Gasteiger partial charge in [0.25, 0.3) is 5.91 Å². The van der Waals surface area contributed by atoms with Gasteiger partial charge in [0, 0.05) is 12.6 Å². The second-order valence-corrected chi connectivity index (χ2v) is 5.94. The minimum absolute atomic E-state index is 0.0303. The van der Waals surface area contributed by atoms with Gasteiger partial charge < -0.3 is 10.0 Å². The molecule has 0 radical (unpaired) electrons. The van der Waals surface area contributed by atoms with Gasteiger partial charge in [0.05, 0.1) is 21.7 Å². The predicted molar refractivity (Wildman–Crippen MR) is 76.8 cm³/mol. The first-order valence-electron chi connectivity index (χ1n) is 6.53. The van der Waals surface area contributed by atoms with E-state index in [1.54, 1.807) is 11.8 Å². The highest BCUT2D eigenvalue weighted by Crippen LogP contribution is 2.29. The Morgan fingerprint density at radius 2 is 2.20 bits per heavy atom. The molecule has 1 aliphatic rings. The predicted octanol–water partition coefficient (Wildman–Crippen LogP) is 3.51. The van der Waals surface area contributed by atoms with Gasteiger partial charge >= 0.3 is 0 Å². The first kappa shape index (κ1) is 15.5. The maximum absolute atomic E-state index is 13.5. The van der Waals surface area contributed by atoms with Crippen molar-refractivity contribution >= 4 is 29.1 Å². The van der Waals surface area contributed by atoms with E-state index in [1.807, 2.05) is 0 Å². The first-order valence-corrected chi connectivity index (χ1v) is 7.29. The van der Waals surface area contributed by atoms with Gasteiger partial charge in [-0.1, -0.05) is 23.2 Å². The third-order valence-electron chi connectivity index (χ3n) is 3.49. The van der Waals surface area contributed by atoms with E-state index in [9.17, 15) is 14.3 Å². The number of benzene rings is 1. The lowest BCUT2D eigenvalue weighted by Crippen LogP contribution is -2.37. The Hall–Kier alpha value is -0.840. The zero-order valence-corrected chi connectivity index (χ0v) is 12.6. The van der Waals surface area contributed by atoms with Crippen LogP contribution in [0, 0.1) is 5.82 Å². The molecule has 0 saturated carbocycles. The highest BCUT2D eigenvalue weighted by atomic mass is 35.5. The van der Waals surface area contributed by atoms with E-state index in [0.717, 1.165) is 18.9 Å². The molecule has 1 fully saturated rings. The number of rotatable bonds is 3. The van der Waals surface area contributed by atoms with E-state index in [1.165, 1.54) is 6.07 Å². The van der Waals surface area contributed by atoms with Gasteiger partial charge in [0.1, 0.15) is 5.82 Å². The number of hydrogen-bond donors (Lipinski definition) is 1. The third-order valence-corrected chi connectivity index (χ3v) is 4.09. The van der Waals surface area contributed by atoms with Crippen LogP contribution >= 0.6 is 23.2 Å². The standard InChI is InChI=1S/C14H16Cl2FNO2/c1-8(19)5-9-3-2-4-18(9)14(20)10-6-13(17)12(16)7-11(10)15/h6-9,19H,2-5H2,1H3. The molecule has 0 aromatic heterocycles. The van der Waals surface area contributed by atoms with Crippen molar-refractivity contribution in [2.45, 2.75) is 38.3 Å². The number of halogens is 3. The minimum atomic E-state index is -0.661. The van der Waals surface area contributed by atoms with Crippen molar-refractivity contribution in [1.82, 2.24) is 4.90 Å². The molecule has 110 valence electrons. The summed E-state index contributed by atoms with van der Waals surface area (Å²) in [5.74, 6) is -0.973. The van der Waals surface area contributed by atoms with Crippen LogP contribution in [0.3, 0.4) is 0 Å². The molecule has 1 aromatic carbocycles. The van der Waals surface area contributed by atoms with Crippen molar-refractivity contribution < 1.29 is 14.3 Å². The van der Waals surface area contributed by atoms with Gasteiger partial charge in [-0.3, -0.25) is 4.79 Å². The minimum Gasteiger partial charge on any atom is -0.393 e. The Bertz CT molecular complexity index is 522. The molecule has 1 aromatic rings. The third kappa shape index (κ3) is 3.25. The SMILES string of the molecule is CC(O)CC1CCCN1C(=O)c1cc(F)c(Cl)cc1Cl. The van der Waals surface area contributed by atoms with Crippen LogP contribution in [0.4, 0.5) is 4.39 Å². The molecule has 20 heavy (non-hydrogen) atoms. The van der Waals surface area contributed by atoms with Crippen LogP contribution in [0.15, 0.2) is 12.1 Å². The van der Waals surface area contributed by atoms with Crippen LogP contribution in [-0.4, -0.2) is 34.6 Å². The molecule has 1 aliphatic heterocycles. The summed E-state index contributed by atoms with van der Waals surface area (Å²) in [6.45, 7) is 2.28. The van der Waals surface area contributed by atoms with Gasteiger partial charge in [-0.25, -0.2) is 4.39 Å². The number of aliphatic hydroxyl groups excluding tert-OH is 1. The highest BCUT2D eigenvalue weighted by molar-refractivity contribution is 6.36. The molecular formula is C14H16Cl2FNO2. The summed E-state index contributed by atoms with van der Waals surface area (Å²) in [6, 6.07) is 2.29. The fraction of sp³-hybridized carbons (Fsp3) is 0.500. The molecule has 0 spiro atoms. The molecular weight excluding hydrogens is 304 g/mol. The number of carbonyl (C=O) groups excluding carboxylic acids is 1. The zero-order chi connectivity index (χ0) is 14.9. The number of amides is 1. The molecule has 6 heteroatoms. The summed E-state index contributed by atoms with van der Waals surface area (Å²) >= 11 is 11.6. The largest absolute Gasteiger partial charge is 0.393 e. The number of carbonyl (C=O) groups is 1. The van der Waals surface area contributed by atoms with E-state index in [4.69, 9.17) is 23.2 Å². The average Bonchev–Trinajstić information content (AvgIpc) is 2.80. The van der Waals surface area contributed by atoms with Crippen LogP contribution < -0.4 is 0 Å². The second kappa shape index (κ2) is 6.29. The lowest BCUT2D eigenvalue weighted by atomic mass is 10.1. The highest BCUT2D eigenvalue weighted by Gasteiger charge is 2.31. The molecule has 2 rings (SSSR count). The smallest absolute Gasteiger partial charge is 0.255 e. The Morgan fingerprint density at radius 3 is 2.85 bits per heavy atom. The number of nitrogens with zero attached hydrogens (tertiary/aromatic N) is 1. The normalized spacial score (nSPS) is 20.2. The van der Waals surface area contributed by atoms with Crippen LogP contribution in [0.2, 0.25) is 10.0 Å². The van der Waals surface area contributed by atoms with Crippen LogP contribution in [0.1, 0.15) is 36.5 Å². The first-order chi connectivity index (χ1) is 9.40. The molecule has 1 heterocycles. The van der Waals surface area contributed by atoms with Crippen molar-refractivity contribution in [3.8, 4) is 0 Å². The summed E-state index contributed by atoms with van der Waals surface area (Å²) in [4.78, 5) is 14.1. The Balaban J connectivity index is 2.24. The van der Waals surface area contributed by atoms with Gasteiger partial charge in [0.2, 0.25) is 0 Å². The second-order valence-electron chi connectivity index (χ2n) is 5.13. The number of aliphatic hydroxyl groups is 1. The summed E-state index contributed by atoms with van der Waals surface area (Å²) in [5, 5.41) is 9.52. The molecule has 0 aliphatic carbocycles. The molecule has 2 atom stereocenters. The van der Waals surface area contributed by atoms with E-state index in [0.29, 0.717) is 13.0 Å². The molecule has 1 amide bonds. The van der Waals surface area contributed by atoms with Gasteiger partial charge in [-0.15, -0.1) is 0 Å². The lowest BCUT2D eigenvalue weighted by Gasteiger charge is -2.26. The summed E-state index contributed by atoms with van der Waals surface area (Å²) in [5.41, 5.74) is 0.117. The van der Waals surface area contributed by atoms with Crippen LogP contribution in [-0.2, 0) is 0 Å². The molecule has 2 unspecified atom stereocenters. The van der Waals surface area contributed by atoms with Crippen molar-refractivity contribution in [3.63, 3.8) is 0 Å². The molecule has 1 saturated heterocycles. The zero-order valence-electron chi connectivity index (χ0n) is 11.1. The Labute approximate surface area is 127 Å². The van der Waals surface area contributed by atoms with Crippen molar-refractivity contribution in [1.29, 1.82) is 0 Å². The summed E-state index contributed by atoms with van der Waals surface area (Å²) < 4.78 is 13.5. The summed E-state index contributed by atoms with van der Waals surface area (Å²) in [6.07, 6.45) is 1.74.